The van der Waals surface area contributed by atoms with E-state index in [9.17, 15) is 0 Å². The van der Waals surface area contributed by atoms with Crippen LogP contribution in [0.2, 0.25) is 0 Å². The molecule has 3 heterocycles. The molecule has 0 amide bonds. The van der Waals surface area contributed by atoms with Gasteiger partial charge in [0, 0.05) is 22.6 Å². The molecule has 3 aromatic heterocycles. The van der Waals surface area contributed by atoms with Crippen molar-refractivity contribution in [1.29, 1.82) is 0 Å². The lowest BCUT2D eigenvalue weighted by Crippen LogP contribution is -1.99. The van der Waals surface area contributed by atoms with E-state index in [0.717, 1.165) is 38.6 Å². The zero-order valence-electron chi connectivity index (χ0n) is 13.9. The summed E-state index contributed by atoms with van der Waals surface area (Å²) in [4.78, 5) is 13.7. The number of benzene rings is 1. The summed E-state index contributed by atoms with van der Waals surface area (Å²) in [6.07, 6.45) is 3.82. The Kier molecular flexibility index (Phi) is 3.97. The van der Waals surface area contributed by atoms with Gasteiger partial charge in [-0.05, 0) is 55.8 Å². The van der Waals surface area contributed by atoms with Gasteiger partial charge in [0.1, 0.15) is 17.2 Å². The molecule has 0 bridgehead atoms. The molecule has 1 aromatic carbocycles. The van der Waals surface area contributed by atoms with Crippen LogP contribution in [0.5, 0.6) is 0 Å². The van der Waals surface area contributed by atoms with E-state index in [4.69, 9.17) is 0 Å². The second-order valence-electron chi connectivity index (χ2n) is 5.88. The quantitative estimate of drug-likeness (QED) is 0.536. The van der Waals surface area contributed by atoms with Crippen molar-refractivity contribution in [3.8, 4) is 11.5 Å². The molecule has 0 saturated carbocycles. The summed E-state index contributed by atoms with van der Waals surface area (Å²) in [7, 11) is 0. The molecule has 0 unspecified atom stereocenters. The minimum absolute atomic E-state index is 0.651. The molecule has 4 rings (SSSR count). The Morgan fingerprint density at radius 3 is 2.56 bits per heavy atom. The molecule has 6 heteroatoms. The highest BCUT2D eigenvalue weighted by molar-refractivity contribution is 9.10. The summed E-state index contributed by atoms with van der Waals surface area (Å²) in [6, 6.07) is 13.9. The largest absolute Gasteiger partial charge is 0.340 e. The zero-order valence-corrected chi connectivity index (χ0v) is 15.4. The highest BCUT2D eigenvalue weighted by Crippen LogP contribution is 2.24. The first-order chi connectivity index (χ1) is 12.1. The molecule has 25 heavy (non-hydrogen) atoms. The van der Waals surface area contributed by atoms with Crippen LogP contribution in [0.1, 0.15) is 11.3 Å². The summed E-state index contributed by atoms with van der Waals surface area (Å²) < 4.78 is 3.09. The summed E-state index contributed by atoms with van der Waals surface area (Å²) in [6.45, 7) is 4.04. The molecular weight excluding hydrogens is 378 g/mol. The van der Waals surface area contributed by atoms with Gasteiger partial charge in [-0.2, -0.15) is 0 Å². The third kappa shape index (κ3) is 3.13. The number of rotatable bonds is 3. The van der Waals surface area contributed by atoms with E-state index in [1.165, 1.54) is 0 Å². The Morgan fingerprint density at radius 2 is 1.76 bits per heavy atom. The lowest BCUT2D eigenvalue weighted by molar-refractivity contribution is 1.09. The van der Waals surface area contributed by atoms with Crippen LogP contribution in [0.3, 0.4) is 0 Å². The normalized spacial score (nSPS) is 11.0. The number of halogens is 1. The predicted octanol–water partition coefficient (Wildman–Crippen LogP) is 4.91. The fraction of sp³-hybridized carbons (Fsp3) is 0.105. The number of imidazole rings is 1. The van der Waals surface area contributed by atoms with Gasteiger partial charge in [-0.25, -0.2) is 15.0 Å². The maximum atomic E-state index is 4.68. The van der Waals surface area contributed by atoms with Gasteiger partial charge >= 0.3 is 0 Å². The van der Waals surface area contributed by atoms with E-state index in [0.29, 0.717) is 5.82 Å². The van der Waals surface area contributed by atoms with Crippen LogP contribution in [0, 0.1) is 13.8 Å². The highest BCUT2D eigenvalue weighted by atomic mass is 79.9. The Hall–Kier alpha value is -2.73. The van der Waals surface area contributed by atoms with Crippen molar-refractivity contribution >= 4 is 33.1 Å². The van der Waals surface area contributed by atoms with E-state index in [-0.39, 0.29) is 0 Å². The summed E-state index contributed by atoms with van der Waals surface area (Å²) in [5.74, 6) is 1.40. The number of hydrogen-bond donors (Lipinski definition) is 1. The Labute approximate surface area is 153 Å². The highest BCUT2D eigenvalue weighted by Gasteiger charge is 2.14. The molecule has 0 aliphatic rings. The number of aromatic nitrogens is 4. The van der Waals surface area contributed by atoms with Crippen molar-refractivity contribution in [1.82, 2.24) is 19.4 Å². The fourth-order valence-corrected chi connectivity index (χ4v) is 3.03. The molecule has 4 aromatic rings. The van der Waals surface area contributed by atoms with E-state index in [1.54, 1.807) is 6.20 Å². The van der Waals surface area contributed by atoms with Gasteiger partial charge in [-0.1, -0.05) is 22.0 Å². The molecule has 0 spiro atoms. The number of aryl methyl sites for hydroxylation is 2. The lowest BCUT2D eigenvalue weighted by Gasteiger charge is -2.08. The number of hydrogen-bond acceptors (Lipinski definition) is 4. The number of nitrogens with one attached hydrogen (secondary N) is 1. The molecule has 5 nitrogen and oxygen atoms in total. The van der Waals surface area contributed by atoms with Crippen LogP contribution < -0.4 is 5.32 Å². The van der Waals surface area contributed by atoms with Crippen LogP contribution in [-0.2, 0) is 0 Å². The summed E-state index contributed by atoms with van der Waals surface area (Å²) in [5.41, 5.74) is 4.85. The monoisotopic (exact) mass is 393 g/mol. The average molecular weight is 394 g/mol. The van der Waals surface area contributed by atoms with E-state index < -0.39 is 0 Å². The molecule has 0 radical (unpaired) electrons. The van der Waals surface area contributed by atoms with E-state index in [1.807, 2.05) is 47.7 Å². The molecule has 124 valence electrons. The number of fused-ring (bicyclic) bond motifs is 1. The van der Waals surface area contributed by atoms with Gasteiger partial charge in [0.15, 0.2) is 5.82 Å². The molecule has 1 N–H and O–H groups in total. The number of nitrogens with zero attached hydrogens (tertiary/aromatic N) is 4. The zero-order chi connectivity index (χ0) is 17.4. The van der Waals surface area contributed by atoms with Crippen LogP contribution in [-0.4, -0.2) is 19.4 Å². The maximum Gasteiger partial charge on any atom is 0.180 e. The summed E-state index contributed by atoms with van der Waals surface area (Å²) in [5, 5.41) is 3.31. The van der Waals surface area contributed by atoms with Gasteiger partial charge in [0.25, 0.3) is 0 Å². The molecule has 0 saturated heterocycles. The van der Waals surface area contributed by atoms with E-state index >= 15 is 0 Å². The molecular formula is C19H16BrN5. The van der Waals surface area contributed by atoms with Crippen LogP contribution in [0.25, 0.3) is 17.2 Å². The maximum absolute atomic E-state index is 4.68. The SMILES string of the molecule is Cc1ccc2nc(C)c(-c3nccc(Nc4ccc(Br)cc4)n3)n2c1. The van der Waals surface area contributed by atoms with Crippen LogP contribution in [0.4, 0.5) is 11.5 Å². The molecule has 0 fully saturated rings. The second-order valence-corrected chi connectivity index (χ2v) is 6.79. The van der Waals surface area contributed by atoms with Crippen molar-refractivity contribution in [2.24, 2.45) is 0 Å². The third-order valence-electron chi connectivity index (χ3n) is 3.92. The van der Waals surface area contributed by atoms with Gasteiger partial charge in [-0.3, -0.25) is 4.40 Å². The molecule has 0 aliphatic carbocycles. The minimum atomic E-state index is 0.651. The number of anilines is 2. The van der Waals surface area contributed by atoms with Crippen molar-refractivity contribution in [2.75, 3.05) is 5.32 Å². The lowest BCUT2D eigenvalue weighted by atomic mass is 10.3. The smallest absolute Gasteiger partial charge is 0.180 e. The Balaban J connectivity index is 1.76. The molecule has 0 aliphatic heterocycles. The average Bonchev–Trinajstić information content (AvgIpc) is 2.92. The minimum Gasteiger partial charge on any atom is -0.340 e. The Bertz CT molecular complexity index is 1050. The van der Waals surface area contributed by atoms with Crippen molar-refractivity contribution in [2.45, 2.75) is 13.8 Å². The van der Waals surface area contributed by atoms with Crippen molar-refractivity contribution < 1.29 is 0 Å². The van der Waals surface area contributed by atoms with Gasteiger partial charge < -0.3 is 5.32 Å². The van der Waals surface area contributed by atoms with E-state index in [2.05, 4.69) is 55.4 Å². The van der Waals surface area contributed by atoms with Crippen LogP contribution >= 0.6 is 15.9 Å². The van der Waals surface area contributed by atoms with Crippen LogP contribution in [0.15, 0.2) is 59.3 Å². The summed E-state index contributed by atoms with van der Waals surface area (Å²) >= 11 is 3.44. The van der Waals surface area contributed by atoms with Gasteiger partial charge in [-0.15, -0.1) is 0 Å². The van der Waals surface area contributed by atoms with Crippen molar-refractivity contribution in [3.05, 3.63) is 70.6 Å². The van der Waals surface area contributed by atoms with Gasteiger partial charge in [0.2, 0.25) is 0 Å². The first-order valence-electron chi connectivity index (χ1n) is 7.91. The topological polar surface area (TPSA) is 55.1 Å². The molecule has 0 atom stereocenters. The first-order valence-corrected chi connectivity index (χ1v) is 8.71. The van der Waals surface area contributed by atoms with Gasteiger partial charge in [0.05, 0.1) is 5.69 Å². The van der Waals surface area contributed by atoms with Crippen molar-refractivity contribution in [3.63, 3.8) is 0 Å². The fourth-order valence-electron chi connectivity index (χ4n) is 2.76. The standard InChI is InChI=1S/C19H16BrN5/c1-12-3-8-17-22-13(2)18(25(17)11-12)19-21-10-9-16(24-19)23-15-6-4-14(20)5-7-15/h3-11H,1-2H3,(H,21,23,24). The number of pyridine rings is 1. The second kappa shape index (κ2) is 6.29. The predicted molar refractivity (Wildman–Crippen MR) is 103 cm³/mol. The first kappa shape index (κ1) is 15.8. The third-order valence-corrected chi connectivity index (χ3v) is 4.45. The Morgan fingerprint density at radius 1 is 0.960 bits per heavy atom.